The van der Waals surface area contributed by atoms with Crippen molar-refractivity contribution in [3.05, 3.63) is 118 Å². The topological polar surface area (TPSA) is 60.7 Å². The molecule has 4 aromatic rings. The molecule has 2 aromatic carbocycles. The van der Waals surface area contributed by atoms with Crippen molar-refractivity contribution in [2.24, 2.45) is 4.99 Å². The Hall–Kier alpha value is -3.26. The number of ether oxygens (including phenoxy) is 1. The Balaban J connectivity index is 1.84. The van der Waals surface area contributed by atoms with E-state index in [-0.39, 0.29) is 12.2 Å². The molecule has 8 heteroatoms. The van der Waals surface area contributed by atoms with Gasteiger partial charge in [0.05, 0.1) is 28.5 Å². The minimum Gasteiger partial charge on any atom is -0.463 e. The van der Waals surface area contributed by atoms with E-state index in [4.69, 9.17) is 21.3 Å². The maximum atomic E-state index is 13.6. The van der Waals surface area contributed by atoms with E-state index in [1.165, 1.54) is 11.3 Å². The minimum absolute atomic E-state index is 0.203. The minimum atomic E-state index is -0.701. The number of esters is 1. The van der Waals surface area contributed by atoms with E-state index in [0.29, 0.717) is 25.6 Å². The molecule has 1 atom stereocenters. The Kier molecular flexibility index (Phi) is 6.32. The largest absolute Gasteiger partial charge is 0.463 e. The Bertz CT molecular complexity index is 1550. The average Bonchev–Trinajstić information content (AvgIpc) is 3.47. The van der Waals surface area contributed by atoms with Gasteiger partial charge in [-0.05, 0) is 42.1 Å². The Morgan fingerprint density at radius 2 is 1.88 bits per heavy atom. The molecular weight excluding hydrogens is 488 g/mol. The number of thiazole rings is 1. The Morgan fingerprint density at radius 3 is 2.56 bits per heavy atom. The molecule has 0 fully saturated rings. The van der Waals surface area contributed by atoms with E-state index in [1.54, 1.807) is 35.0 Å². The van der Waals surface area contributed by atoms with Gasteiger partial charge in [-0.2, -0.15) is 0 Å². The number of rotatable bonds is 5. The van der Waals surface area contributed by atoms with Gasteiger partial charge >= 0.3 is 5.97 Å². The molecule has 5 rings (SSSR count). The third kappa shape index (κ3) is 4.18. The van der Waals surface area contributed by atoms with Crippen LogP contribution in [-0.2, 0) is 9.53 Å². The first kappa shape index (κ1) is 22.5. The van der Waals surface area contributed by atoms with E-state index >= 15 is 0 Å². The van der Waals surface area contributed by atoms with Gasteiger partial charge in [-0.15, -0.1) is 11.3 Å². The van der Waals surface area contributed by atoms with Gasteiger partial charge in [-0.25, -0.2) is 9.79 Å². The molecule has 0 bridgehead atoms. The normalized spacial score (nSPS) is 15.7. The number of nitrogens with zero attached hydrogens (tertiary/aromatic N) is 2. The molecule has 0 saturated carbocycles. The SMILES string of the molecule is CCOC(=O)C1=C(c2ccccc2)N=c2s/c(=C/c3cccs3)c(=O)n2[C@H]1c1ccc(Cl)cc1. The van der Waals surface area contributed by atoms with Crippen LogP contribution in [0.1, 0.15) is 29.0 Å². The smallest absolute Gasteiger partial charge is 0.338 e. The average molecular weight is 507 g/mol. The molecule has 0 saturated heterocycles. The van der Waals surface area contributed by atoms with Gasteiger partial charge in [-0.3, -0.25) is 9.36 Å². The number of halogens is 1. The predicted molar refractivity (Wildman–Crippen MR) is 137 cm³/mol. The highest BCUT2D eigenvalue weighted by Crippen LogP contribution is 2.35. The molecule has 34 heavy (non-hydrogen) atoms. The predicted octanol–water partition coefficient (Wildman–Crippen LogP) is 4.65. The summed E-state index contributed by atoms with van der Waals surface area (Å²) in [5.41, 5.74) is 2.15. The van der Waals surface area contributed by atoms with Crippen LogP contribution in [-0.4, -0.2) is 17.1 Å². The molecule has 5 nitrogen and oxygen atoms in total. The number of carbonyl (C=O) groups is 1. The van der Waals surface area contributed by atoms with Crippen LogP contribution in [0.3, 0.4) is 0 Å². The summed E-state index contributed by atoms with van der Waals surface area (Å²) in [5, 5.41) is 2.53. The second-order valence-electron chi connectivity index (χ2n) is 7.50. The molecule has 1 aliphatic rings. The van der Waals surface area contributed by atoms with E-state index in [2.05, 4.69) is 0 Å². The molecule has 0 amide bonds. The van der Waals surface area contributed by atoms with E-state index in [9.17, 15) is 9.59 Å². The summed E-state index contributed by atoms with van der Waals surface area (Å²) in [4.78, 5) is 33.3. The molecule has 1 aliphatic heterocycles. The molecule has 0 aliphatic carbocycles. The molecule has 0 unspecified atom stereocenters. The zero-order valence-corrected chi connectivity index (χ0v) is 20.5. The van der Waals surface area contributed by atoms with Crippen LogP contribution >= 0.6 is 34.3 Å². The standard InChI is InChI=1S/C26H19ClN2O3S2/c1-2-32-25(31)21-22(16-7-4-3-5-8-16)28-26-29(23(21)17-10-12-18(27)13-11-17)24(30)20(34-26)15-19-9-6-14-33-19/h3-15,23H,2H2,1H3/b20-15+/t23-/m0/s1. The third-order valence-corrected chi connectivity index (χ3v) is 7.43. The second kappa shape index (κ2) is 9.54. The van der Waals surface area contributed by atoms with E-state index in [1.807, 2.05) is 66.1 Å². The summed E-state index contributed by atoms with van der Waals surface area (Å²) in [5.74, 6) is -0.502. The number of hydrogen-bond acceptors (Lipinski definition) is 6. The van der Waals surface area contributed by atoms with Crippen LogP contribution in [0.4, 0.5) is 0 Å². The lowest BCUT2D eigenvalue weighted by molar-refractivity contribution is -0.138. The van der Waals surface area contributed by atoms with Gasteiger partial charge < -0.3 is 4.74 Å². The van der Waals surface area contributed by atoms with Crippen LogP contribution in [0.15, 0.2) is 87.5 Å². The summed E-state index contributed by atoms with van der Waals surface area (Å²) < 4.78 is 7.60. The van der Waals surface area contributed by atoms with E-state index in [0.717, 1.165) is 16.0 Å². The second-order valence-corrected chi connectivity index (χ2v) is 9.92. The highest BCUT2D eigenvalue weighted by molar-refractivity contribution is 7.11. The molecule has 0 radical (unpaired) electrons. The van der Waals surface area contributed by atoms with Crippen molar-refractivity contribution in [1.82, 2.24) is 4.57 Å². The van der Waals surface area contributed by atoms with Crippen LogP contribution in [0.25, 0.3) is 11.8 Å². The first-order valence-corrected chi connectivity index (χ1v) is 12.7. The first-order chi connectivity index (χ1) is 16.6. The van der Waals surface area contributed by atoms with Gasteiger partial charge in [0.1, 0.15) is 0 Å². The monoisotopic (exact) mass is 506 g/mol. The fraction of sp³-hybridized carbons (Fsp3) is 0.115. The highest BCUT2D eigenvalue weighted by Gasteiger charge is 2.35. The maximum Gasteiger partial charge on any atom is 0.338 e. The number of thiophene rings is 1. The summed E-state index contributed by atoms with van der Waals surface area (Å²) >= 11 is 9.01. The zero-order chi connectivity index (χ0) is 23.7. The van der Waals surface area contributed by atoms with Crippen LogP contribution in [0.2, 0.25) is 5.02 Å². The van der Waals surface area contributed by atoms with Gasteiger partial charge in [-0.1, -0.05) is 71.5 Å². The van der Waals surface area contributed by atoms with Crippen molar-refractivity contribution in [3.63, 3.8) is 0 Å². The lowest BCUT2D eigenvalue weighted by atomic mass is 9.93. The number of aromatic nitrogens is 1. The Morgan fingerprint density at radius 1 is 1.12 bits per heavy atom. The lowest BCUT2D eigenvalue weighted by Crippen LogP contribution is -2.39. The number of hydrogen-bond donors (Lipinski definition) is 0. The molecule has 0 N–H and O–H groups in total. The zero-order valence-electron chi connectivity index (χ0n) is 18.1. The van der Waals surface area contributed by atoms with Crippen LogP contribution in [0, 0.1) is 0 Å². The van der Waals surface area contributed by atoms with Crippen molar-refractivity contribution < 1.29 is 9.53 Å². The maximum absolute atomic E-state index is 13.6. The van der Waals surface area contributed by atoms with Crippen molar-refractivity contribution in [1.29, 1.82) is 0 Å². The fourth-order valence-electron chi connectivity index (χ4n) is 3.90. The van der Waals surface area contributed by atoms with Gasteiger partial charge in [0.25, 0.3) is 5.56 Å². The van der Waals surface area contributed by atoms with Crippen LogP contribution < -0.4 is 14.9 Å². The van der Waals surface area contributed by atoms with Crippen molar-refractivity contribution in [3.8, 4) is 0 Å². The van der Waals surface area contributed by atoms with Crippen molar-refractivity contribution in [2.75, 3.05) is 6.61 Å². The molecule has 3 heterocycles. The number of carbonyl (C=O) groups excluding carboxylic acids is 1. The molecule has 0 spiro atoms. The number of fused-ring (bicyclic) bond motifs is 1. The molecule has 2 aromatic heterocycles. The Labute approximate surface area is 208 Å². The van der Waals surface area contributed by atoms with Crippen molar-refractivity contribution >= 4 is 52.0 Å². The molecule has 170 valence electrons. The van der Waals surface area contributed by atoms with Crippen LogP contribution in [0.5, 0.6) is 0 Å². The van der Waals surface area contributed by atoms with Gasteiger partial charge in [0.2, 0.25) is 0 Å². The highest BCUT2D eigenvalue weighted by atomic mass is 35.5. The summed E-state index contributed by atoms with van der Waals surface area (Å²) in [6.07, 6.45) is 1.86. The first-order valence-electron chi connectivity index (χ1n) is 10.6. The fourth-order valence-corrected chi connectivity index (χ4v) is 5.75. The number of benzene rings is 2. The lowest BCUT2D eigenvalue weighted by Gasteiger charge is -2.25. The summed E-state index contributed by atoms with van der Waals surface area (Å²) in [7, 11) is 0. The van der Waals surface area contributed by atoms with E-state index < -0.39 is 12.0 Å². The summed E-state index contributed by atoms with van der Waals surface area (Å²) in [6.45, 7) is 1.97. The third-order valence-electron chi connectivity index (χ3n) is 5.38. The van der Waals surface area contributed by atoms with Gasteiger partial charge in [0.15, 0.2) is 4.80 Å². The van der Waals surface area contributed by atoms with Crippen molar-refractivity contribution in [2.45, 2.75) is 13.0 Å². The quantitative estimate of drug-likeness (QED) is 0.370. The summed E-state index contributed by atoms with van der Waals surface area (Å²) in [6, 6.07) is 19.9. The molecular formula is C26H19ClN2O3S2. The van der Waals surface area contributed by atoms with Gasteiger partial charge in [0, 0.05) is 15.5 Å².